The van der Waals surface area contributed by atoms with Gasteiger partial charge < -0.3 is 9.80 Å². The summed E-state index contributed by atoms with van der Waals surface area (Å²) >= 11 is 0. The first-order valence-electron chi connectivity index (χ1n) is 8.55. The highest BCUT2D eigenvalue weighted by atomic mass is 32.2. The second kappa shape index (κ2) is 7.63. The zero-order valence-electron chi connectivity index (χ0n) is 15.1. The Balaban J connectivity index is 1.93. The quantitative estimate of drug-likeness (QED) is 0.836. The highest BCUT2D eigenvalue weighted by molar-refractivity contribution is 7.92. The molecule has 27 heavy (non-hydrogen) atoms. The van der Waals surface area contributed by atoms with Crippen molar-refractivity contribution in [2.24, 2.45) is 0 Å². The minimum Gasteiger partial charge on any atom is -0.361 e. The molecule has 2 aromatic rings. The fourth-order valence-electron chi connectivity index (χ4n) is 2.92. The summed E-state index contributed by atoms with van der Waals surface area (Å²) in [6.07, 6.45) is 4.64. The van der Waals surface area contributed by atoms with Crippen molar-refractivity contribution in [1.29, 1.82) is 0 Å². The first-order chi connectivity index (χ1) is 12.8. The van der Waals surface area contributed by atoms with Crippen LogP contribution in [0, 0.1) is 11.6 Å². The van der Waals surface area contributed by atoms with Gasteiger partial charge in [0.2, 0.25) is 5.95 Å². The Bertz CT molecular complexity index is 931. The number of piperidine rings is 1. The summed E-state index contributed by atoms with van der Waals surface area (Å²) in [7, 11) is -0.825. The molecule has 1 saturated heterocycles. The van der Waals surface area contributed by atoms with Crippen LogP contribution < -0.4 is 14.5 Å². The molecule has 146 valence electrons. The molecular formula is C17H21F2N5O2S. The first-order valence-corrected chi connectivity index (χ1v) is 10.0. The topological polar surface area (TPSA) is 78.4 Å². The number of hydrogen-bond donors (Lipinski definition) is 1. The molecule has 0 bridgehead atoms. The maximum atomic E-state index is 13.9. The van der Waals surface area contributed by atoms with E-state index in [1.165, 1.54) is 6.20 Å². The van der Waals surface area contributed by atoms with Gasteiger partial charge in [-0.3, -0.25) is 4.72 Å². The molecule has 1 aliphatic rings. The lowest BCUT2D eigenvalue weighted by molar-refractivity contribution is 0.551. The lowest BCUT2D eigenvalue weighted by Crippen LogP contribution is -2.31. The van der Waals surface area contributed by atoms with Crippen LogP contribution in [0.3, 0.4) is 0 Å². The van der Waals surface area contributed by atoms with Crippen molar-refractivity contribution >= 4 is 27.5 Å². The Morgan fingerprint density at radius 3 is 2.48 bits per heavy atom. The van der Waals surface area contributed by atoms with Gasteiger partial charge in [0.1, 0.15) is 22.2 Å². The normalized spacial score (nSPS) is 14.9. The smallest absolute Gasteiger partial charge is 0.264 e. The molecule has 7 nitrogen and oxygen atoms in total. The predicted molar refractivity (Wildman–Crippen MR) is 99.6 cm³/mol. The third-order valence-electron chi connectivity index (χ3n) is 4.25. The van der Waals surface area contributed by atoms with E-state index >= 15 is 0 Å². The Labute approximate surface area is 157 Å². The first kappa shape index (κ1) is 19.3. The van der Waals surface area contributed by atoms with Crippen molar-refractivity contribution in [3.05, 3.63) is 36.0 Å². The number of nitrogens with one attached hydrogen (secondary N) is 1. The van der Waals surface area contributed by atoms with Crippen LogP contribution in [-0.4, -0.2) is 45.6 Å². The van der Waals surface area contributed by atoms with Crippen molar-refractivity contribution < 1.29 is 17.2 Å². The van der Waals surface area contributed by atoms with Gasteiger partial charge in [0, 0.05) is 33.3 Å². The minimum atomic E-state index is -4.27. The average molecular weight is 397 g/mol. The Morgan fingerprint density at radius 2 is 1.85 bits per heavy atom. The molecule has 0 spiro atoms. The molecule has 0 atom stereocenters. The van der Waals surface area contributed by atoms with Crippen LogP contribution in [0.15, 0.2) is 29.3 Å². The molecule has 0 amide bonds. The molecular weight excluding hydrogens is 376 g/mol. The second-order valence-electron chi connectivity index (χ2n) is 6.53. The van der Waals surface area contributed by atoms with E-state index in [0.29, 0.717) is 17.8 Å². The van der Waals surface area contributed by atoms with Crippen molar-refractivity contribution in [2.45, 2.75) is 24.2 Å². The van der Waals surface area contributed by atoms with Crippen molar-refractivity contribution in [3.8, 4) is 0 Å². The summed E-state index contributed by atoms with van der Waals surface area (Å²) < 4.78 is 54.3. The molecule has 1 aromatic carbocycles. The Morgan fingerprint density at radius 1 is 1.15 bits per heavy atom. The monoisotopic (exact) mass is 397 g/mol. The Hall–Kier alpha value is -2.49. The fraction of sp³-hybridized carbons (Fsp3) is 0.412. The fourth-order valence-corrected chi connectivity index (χ4v) is 4.02. The summed E-state index contributed by atoms with van der Waals surface area (Å²) in [5.41, 5.74) is 0.115. The lowest BCUT2D eigenvalue weighted by Gasteiger charge is -2.28. The van der Waals surface area contributed by atoms with Gasteiger partial charge in [-0.2, -0.15) is 4.98 Å². The molecule has 0 radical (unpaired) electrons. The van der Waals surface area contributed by atoms with E-state index in [1.807, 2.05) is 0 Å². The lowest BCUT2D eigenvalue weighted by atomic mass is 10.1. The van der Waals surface area contributed by atoms with Crippen LogP contribution in [0.4, 0.5) is 26.2 Å². The average Bonchev–Trinajstić information content (AvgIpc) is 2.62. The van der Waals surface area contributed by atoms with Gasteiger partial charge in [0.05, 0.1) is 6.20 Å². The molecule has 1 N–H and O–H groups in total. The molecule has 1 aromatic heterocycles. The number of nitrogens with zero attached hydrogens (tertiary/aromatic N) is 4. The molecule has 10 heteroatoms. The Kier molecular flexibility index (Phi) is 5.45. The van der Waals surface area contributed by atoms with Gasteiger partial charge in [0.15, 0.2) is 5.82 Å². The molecule has 2 heterocycles. The number of halogens is 2. The van der Waals surface area contributed by atoms with Crippen LogP contribution in [0.2, 0.25) is 0 Å². The van der Waals surface area contributed by atoms with Gasteiger partial charge in [-0.15, -0.1) is 0 Å². The number of aromatic nitrogens is 2. The van der Waals surface area contributed by atoms with E-state index in [9.17, 15) is 17.2 Å². The SMILES string of the molecule is CN(C)c1nc(N2CCCCC2)ncc1NS(=O)(=O)c1ccc(F)cc1F. The molecule has 0 unspecified atom stereocenters. The van der Waals surface area contributed by atoms with Gasteiger partial charge >= 0.3 is 0 Å². The standard InChI is InChI=1S/C17H21F2N5O2S/c1-23(2)16-14(11-20-17(21-16)24-8-4-3-5-9-24)22-27(25,26)15-7-6-12(18)10-13(15)19/h6-7,10-11,22H,3-5,8-9H2,1-2H3. The van der Waals surface area contributed by atoms with Crippen LogP contribution in [0.25, 0.3) is 0 Å². The summed E-state index contributed by atoms with van der Waals surface area (Å²) in [4.78, 5) is 11.8. The van der Waals surface area contributed by atoms with Crippen molar-refractivity contribution in [1.82, 2.24) is 9.97 Å². The van der Waals surface area contributed by atoms with Crippen molar-refractivity contribution in [2.75, 3.05) is 41.7 Å². The third-order valence-corrected chi connectivity index (χ3v) is 5.64. The van der Waals surface area contributed by atoms with E-state index < -0.39 is 26.6 Å². The van der Waals surface area contributed by atoms with Crippen LogP contribution in [0.5, 0.6) is 0 Å². The van der Waals surface area contributed by atoms with Gasteiger partial charge in [-0.1, -0.05) is 0 Å². The van der Waals surface area contributed by atoms with E-state index in [1.54, 1.807) is 19.0 Å². The zero-order valence-corrected chi connectivity index (χ0v) is 15.9. The van der Waals surface area contributed by atoms with Gasteiger partial charge in [-0.05, 0) is 31.4 Å². The van der Waals surface area contributed by atoms with Gasteiger partial charge in [-0.25, -0.2) is 22.2 Å². The maximum Gasteiger partial charge on any atom is 0.264 e. The summed E-state index contributed by atoms with van der Waals surface area (Å²) in [5.74, 6) is -1.14. The predicted octanol–water partition coefficient (Wildman–Crippen LogP) is 2.61. The number of benzene rings is 1. The van der Waals surface area contributed by atoms with Crippen molar-refractivity contribution in [3.63, 3.8) is 0 Å². The van der Waals surface area contributed by atoms with E-state index in [-0.39, 0.29) is 5.69 Å². The number of rotatable bonds is 5. The second-order valence-corrected chi connectivity index (χ2v) is 8.18. The summed E-state index contributed by atoms with van der Waals surface area (Å²) in [5, 5.41) is 0. The molecule has 0 saturated carbocycles. The summed E-state index contributed by atoms with van der Waals surface area (Å²) in [6, 6.07) is 2.29. The maximum absolute atomic E-state index is 13.9. The molecule has 3 rings (SSSR count). The van der Waals surface area contributed by atoms with Crippen LogP contribution in [-0.2, 0) is 10.0 Å². The van der Waals surface area contributed by atoms with E-state index in [0.717, 1.165) is 44.5 Å². The molecule has 1 fully saturated rings. The highest BCUT2D eigenvalue weighted by Crippen LogP contribution is 2.28. The number of anilines is 3. The van der Waals surface area contributed by atoms with Gasteiger partial charge in [0.25, 0.3) is 10.0 Å². The number of hydrogen-bond acceptors (Lipinski definition) is 6. The van der Waals surface area contributed by atoms with Crippen LogP contribution >= 0.6 is 0 Å². The highest BCUT2D eigenvalue weighted by Gasteiger charge is 2.23. The molecule has 1 aliphatic heterocycles. The summed E-state index contributed by atoms with van der Waals surface area (Å²) in [6.45, 7) is 1.69. The molecule has 0 aliphatic carbocycles. The number of sulfonamides is 1. The largest absolute Gasteiger partial charge is 0.361 e. The zero-order chi connectivity index (χ0) is 19.6. The van der Waals surface area contributed by atoms with E-state index in [2.05, 4.69) is 19.6 Å². The van der Waals surface area contributed by atoms with Crippen LogP contribution in [0.1, 0.15) is 19.3 Å². The van der Waals surface area contributed by atoms with E-state index in [4.69, 9.17) is 0 Å². The minimum absolute atomic E-state index is 0.115. The third kappa shape index (κ3) is 4.26.